The molecule has 138 valence electrons. The third-order valence-electron chi connectivity index (χ3n) is 3.83. The first-order chi connectivity index (χ1) is 12.5. The van der Waals surface area contributed by atoms with Crippen LogP contribution in [0.25, 0.3) is 0 Å². The van der Waals surface area contributed by atoms with E-state index in [1.165, 1.54) is 0 Å². The first-order valence-electron chi connectivity index (χ1n) is 8.42. The fourth-order valence-electron chi connectivity index (χ4n) is 2.51. The number of hydrogen-bond acceptors (Lipinski definition) is 7. The van der Waals surface area contributed by atoms with E-state index in [1.807, 2.05) is 32.3 Å². The molecule has 0 spiro atoms. The Bertz CT molecular complexity index is 794. The van der Waals surface area contributed by atoms with Crippen molar-refractivity contribution in [3.63, 3.8) is 0 Å². The molecule has 0 atom stereocenters. The summed E-state index contributed by atoms with van der Waals surface area (Å²) in [6.07, 6.45) is 0. The molecule has 1 aliphatic heterocycles. The van der Waals surface area contributed by atoms with Gasteiger partial charge in [0.2, 0.25) is 6.79 Å². The number of likely N-dealkylation sites (N-methyl/N-ethyl adjacent to an activating group) is 1. The molecule has 0 aliphatic carbocycles. The molecule has 1 amide bonds. The van der Waals surface area contributed by atoms with Crippen LogP contribution in [0.2, 0.25) is 0 Å². The molecule has 2 N–H and O–H groups in total. The van der Waals surface area contributed by atoms with E-state index in [9.17, 15) is 4.79 Å². The van der Waals surface area contributed by atoms with Gasteiger partial charge in [-0.1, -0.05) is 6.07 Å². The zero-order valence-electron chi connectivity index (χ0n) is 15.2. The van der Waals surface area contributed by atoms with Crippen molar-refractivity contribution in [1.82, 2.24) is 20.2 Å². The zero-order chi connectivity index (χ0) is 18.5. The average Bonchev–Trinajstić information content (AvgIpc) is 3.06. The Morgan fingerprint density at radius 3 is 2.81 bits per heavy atom. The minimum Gasteiger partial charge on any atom is -0.454 e. The van der Waals surface area contributed by atoms with Crippen molar-refractivity contribution in [2.45, 2.75) is 13.5 Å². The van der Waals surface area contributed by atoms with Gasteiger partial charge in [0, 0.05) is 25.7 Å². The van der Waals surface area contributed by atoms with E-state index in [-0.39, 0.29) is 12.7 Å². The molecule has 0 unspecified atom stereocenters. The molecule has 8 heteroatoms. The van der Waals surface area contributed by atoms with Crippen LogP contribution in [0.15, 0.2) is 24.3 Å². The second kappa shape index (κ2) is 8.01. The largest absolute Gasteiger partial charge is 0.454 e. The van der Waals surface area contributed by atoms with Gasteiger partial charge in [-0.05, 0) is 38.7 Å². The number of anilines is 1. The van der Waals surface area contributed by atoms with Crippen LogP contribution < -0.4 is 20.1 Å². The highest BCUT2D eigenvalue weighted by atomic mass is 16.7. The Balaban J connectivity index is 1.61. The first-order valence-corrected chi connectivity index (χ1v) is 8.42. The molecule has 2 aromatic rings. The molecule has 8 nitrogen and oxygen atoms in total. The standard InChI is InChI=1S/C18H23N5O3/c1-12-21-14(9-17(22-12)19-6-7-23(2)3)18(24)20-10-13-4-5-15-16(8-13)26-11-25-15/h4-5,8-9H,6-7,10-11H2,1-3H3,(H,20,24)(H,19,21,22). The Hall–Kier alpha value is -2.87. The number of amides is 1. The number of rotatable bonds is 7. The molecule has 1 aliphatic rings. The Morgan fingerprint density at radius 1 is 1.19 bits per heavy atom. The van der Waals surface area contributed by atoms with Crippen molar-refractivity contribution in [3.05, 3.63) is 41.3 Å². The fourth-order valence-corrected chi connectivity index (χ4v) is 2.51. The SMILES string of the molecule is Cc1nc(NCCN(C)C)cc(C(=O)NCc2ccc3c(c2)OCO3)n1. The summed E-state index contributed by atoms with van der Waals surface area (Å²) in [6, 6.07) is 7.26. The van der Waals surface area contributed by atoms with Gasteiger partial charge < -0.3 is 25.0 Å². The minimum atomic E-state index is -0.246. The van der Waals surface area contributed by atoms with Crippen LogP contribution >= 0.6 is 0 Å². The lowest BCUT2D eigenvalue weighted by atomic mass is 10.2. The predicted molar refractivity (Wildman–Crippen MR) is 97.5 cm³/mol. The lowest BCUT2D eigenvalue weighted by Gasteiger charge is -2.12. The highest BCUT2D eigenvalue weighted by Gasteiger charge is 2.14. The van der Waals surface area contributed by atoms with E-state index in [0.29, 0.717) is 29.6 Å². The molecule has 0 bridgehead atoms. The molecule has 1 aromatic heterocycles. The summed E-state index contributed by atoms with van der Waals surface area (Å²) in [4.78, 5) is 23.1. The summed E-state index contributed by atoms with van der Waals surface area (Å²) in [7, 11) is 4.00. The lowest BCUT2D eigenvalue weighted by Crippen LogP contribution is -2.25. The predicted octanol–water partition coefficient (Wildman–Crippen LogP) is 1.42. The molecule has 0 saturated carbocycles. The number of nitrogens with one attached hydrogen (secondary N) is 2. The van der Waals surface area contributed by atoms with E-state index < -0.39 is 0 Å². The van der Waals surface area contributed by atoms with Crippen molar-refractivity contribution in [1.29, 1.82) is 0 Å². The molecule has 0 saturated heterocycles. The maximum Gasteiger partial charge on any atom is 0.270 e. The van der Waals surface area contributed by atoms with Crippen LogP contribution in [0, 0.1) is 6.92 Å². The van der Waals surface area contributed by atoms with Crippen molar-refractivity contribution >= 4 is 11.7 Å². The summed E-state index contributed by atoms with van der Waals surface area (Å²) in [5.74, 6) is 2.37. The molecule has 3 rings (SSSR count). The second-order valence-electron chi connectivity index (χ2n) is 6.29. The van der Waals surface area contributed by atoms with Crippen molar-refractivity contribution in [2.75, 3.05) is 39.3 Å². The average molecular weight is 357 g/mol. The number of fused-ring (bicyclic) bond motifs is 1. The highest BCUT2D eigenvalue weighted by molar-refractivity contribution is 5.92. The molecular weight excluding hydrogens is 334 g/mol. The van der Waals surface area contributed by atoms with Crippen molar-refractivity contribution < 1.29 is 14.3 Å². The summed E-state index contributed by atoms with van der Waals surface area (Å²) >= 11 is 0. The third kappa shape index (κ3) is 4.60. The maximum absolute atomic E-state index is 12.4. The second-order valence-corrected chi connectivity index (χ2v) is 6.29. The maximum atomic E-state index is 12.4. The third-order valence-corrected chi connectivity index (χ3v) is 3.83. The number of nitrogens with zero attached hydrogens (tertiary/aromatic N) is 3. The summed E-state index contributed by atoms with van der Waals surface area (Å²) in [6.45, 7) is 3.99. The van der Waals surface area contributed by atoms with Gasteiger partial charge in [0.1, 0.15) is 17.3 Å². The van der Waals surface area contributed by atoms with Gasteiger partial charge >= 0.3 is 0 Å². The van der Waals surface area contributed by atoms with E-state index in [1.54, 1.807) is 13.0 Å². The Kier molecular flexibility index (Phi) is 5.52. The van der Waals surface area contributed by atoms with E-state index in [4.69, 9.17) is 9.47 Å². The van der Waals surface area contributed by atoms with E-state index >= 15 is 0 Å². The van der Waals surface area contributed by atoms with Gasteiger partial charge in [-0.2, -0.15) is 0 Å². The van der Waals surface area contributed by atoms with Crippen LogP contribution in [-0.4, -0.2) is 54.8 Å². The fraction of sp³-hybridized carbons (Fsp3) is 0.389. The minimum absolute atomic E-state index is 0.231. The number of ether oxygens (including phenoxy) is 2. The number of aromatic nitrogens is 2. The number of carbonyl (C=O) groups is 1. The monoisotopic (exact) mass is 357 g/mol. The number of hydrogen-bond donors (Lipinski definition) is 2. The van der Waals surface area contributed by atoms with Crippen LogP contribution in [0.4, 0.5) is 5.82 Å². The van der Waals surface area contributed by atoms with E-state index in [0.717, 1.165) is 24.4 Å². The highest BCUT2D eigenvalue weighted by Crippen LogP contribution is 2.32. The molecule has 26 heavy (non-hydrogen) atoms. The quantitative estimate of drug-likeness (QED) is 0.775. The molecule has 1 aromatic carbocycles. The van der Waals surface area contributed by atoms with Crippen molar-refractivity contribution in [2.24, 2.45) is 0 Å². The van der Waals surface area contributed by atoms with E-state index in [2.05, 4.69) is 25.5 Å². The van der Waals surface area contributed by atoms with Gasteiger partial charge in [-0.3, -0.25) is 4.79 Å². The van der Waals surface area contributed by atoms with Gasteiger partial charge in [0.05, 0.1) is 0 Å². The normalized spacial score (nSPS) is 12.3. The summed E-state index contributed by atoms with van der Waals surface area (Å²) < 4.78 is 10.6. The lowest BCUT2D eigenvalue weighted by molar-refractivity contribution is 0.0945. The van der Waals surface area contributed by atoms with Gasteiger partial charge in [0.15, 0.2) is 11.5 Å². The van der Waals surface area contributed by atoms with Crippen LogP contribution in [0.1, 0.15) is 21.9 Å². The molecular formula is C18H23N5O3. The Labute approximate surface area is 152 Å². The van der Waals surface area contributed by atoms with Crippen LogP contribution in [0.3, 0.4) is 0 Å². The Morgan fingerprint density at radius 2 is 2.00 bits per heavy atom. The topological polar surface area (TPSA) is 88.6 Å². The summed E-state index contributed by atoms with van der Waals surface area (Å²) in [5.41, 5.74) is 1.27. The molecule has 0 fully saturated rings. The van der Waals surface area contributed by atoms with Gasteiger partial charge in [-0.15, -0.1) is 0 Å². The smallest absolute Gasteiger partial charge is 0.270 e. The number of carbonyl (C=O) groups excluding carboxylic acids is 1. The number of benzene rings is 1. The van der Waals surface area contributed by atoms with Crippen LogP contribution in [0.5, 0.6) is 11.5 Å². The van der Waals surface area contributed by atoms with Crippen molar-refractivity contribution in [3.8, 4) is 11.5 Å². The number of aryl methyl sites for hydroxylation is 1. The first kappa shape index (κ1) is 17.9. The molecule has 2 heterocycles. The zero-order valence-corrected chi connectivity index (χ0v) is 15.2. The van der Waals surface area contributed by atoms with Gasteiger partial charge in [-0.25, -0.2) is 9.97 Å². The summed E-state index contributed by atoms with van der Waals surface area (Å²) in [5, 5.41) is 6.08. The van der Waals surface area contributed by atoms with Crippen LogP contribution in [-0.2, 0) is 6.54 Å². The molecule has 0 radical (unpaired) electrons. The van der Waals surface area contributed by atoms with Gasteiger partial charge in [0.25, 0.3) is 5.91 Å².